The van der Waals surface area contributed by atoms with Crippen LogP contribution in [0.4, 0.5) is 0 Å². The lowest BCUT2D eigenvalue weighted by molar-refractivity contribution is -0.131. The Morgan fingerprint density at radius 1 is 1.50 bits per heavy atom. The average Bonchev–Trinajstić information content (AvgIpc) is 2.74. The summed E-state index contributed by atoms with van der Waals surface area (Å²) >= 11 is 5.81. The topological polar surface area (TPSA) is 55.1 Å². The Labute approximate surface area is 109 Å². The highest BCUT2D eigenvalue weighted by atomic mass is 35.5. The molecule has 2 rings (SSSR count). The van der Waals surface area contributed by atoms with Gasteiger partial charge in [0.1, 0.15) is 0 Å². The predicted octanol–water partition coefficient (Wildman–Crippen LogP) is 2.93. The zero-order chi connectivity index (χ0) is 13.1. The summed E-state index contributed by atoms with van der Waals surface area (Å²) in [6, 6.07) is 5.63. The van der Waals surface area contributed by atoms with Gasteiger partial charge in [0, 0.05) is 12.3 Å². The molecule has 0 radical (unpaired) electrons. The molecule has 0 fully saturated rings. The molecule has 0 aliphatic rings. The van der Waals surface area contributed by atoms with Crippen LogP contribution < -0.4 is 0 Å². The highest BCUT2D eigenvalue weighted by Crippen LogP contribution is 2.17. The van der Waals surface area contributed by atoms with Crippen molar-refractivity contribution in [1.82, 2.24) is 9.78 Å². The van der Waals surface area contributed by atoms with Crippen molar-refractivity contribution >= 4 is 23.6 Å². The first-order chi connectivity index (χ1) is 8.56. The monoisotopic (exact) mass is 262 g/mol. The first-order valence-electron chi connectivity index (χ1n) is 5.28. The number of aryl methyl sites for hydroxylation is 1. The van der Waals surface area contributed by atoms with Crippen LogP contribution in [0, 0.1) is 6.92 Å². The molecule has 0 unspecified atom stereocenters. The molecule has 0 saturated heterocycles. The molecule has 4 nitrogen and oxygen atoms in total. The predicted molar refractivity (Wildman–Crippen MR) is 70.0 cm³/mol. The lowest BCUT2D eigenvalue weighted by atomic mass is 10.1. The fourth-order valence-corrected chi connectivity index (χ4v) is 1.73. The molecule has 1 aromatic carbocycles. The number of halogens is 1. The Morgan fingerprint density at radius 2 is 2.28 bits per heavy atom. The van der Waals surface area contributed by atoms with Gasteiger partial charge in [0.15, 0.2) is 0 Å². The molecule has 1 aromatic heterocycles. The van der Waals surface area contributed by atoms with Crippen LogP contribution in [0.15, 0.2) is 36.7 Å². The Hall–Kier alpha value is -2.07. The van der Waals surface area contributed by atoms with E-state index in [9.17, 15) is 4.79 Å². The second-order valence-electron chi connectivity index (χ2n) is 3.82. The van der Waals surface area contributed by atoms with E-state index >= 15 is 0 Å². The van der Waals surface area contributed by atoms with Crippen LogP contribution in [-0.4, -0.2) is 20.9 Å². The Kier molecular flexibility index (Phi) is 3.48. The molecule has 0 spiro atoms. The maximum absolute atomic E-state index is 10.5. The quantitative estimate of drug-likeness (QED) is 0.866. The number of carboxylic acid groups (broad SMARTS) is 1. The third-order valence-electron chi connectivity index (χ3n) is 2.47. The van der Waals surface area contributed by atoms with Gasteiger partial charge in [-0.2, -0.15) is 5.10 Å². The van der Waals surface area contributed by atoms with Crippen LogP contribution in [0.25, 0.3) is 11.8 Å². The van der Waals surface area contributed by atoms with Gasteiger partial charge in [0.25, 0.3) is 0 Å². The van der Waals surface area contributed by atoms with Crippen LogP contribution in [0.3, 0.4) is 0 Å². The summed E-state index contributed by atoms with van der Waals surface area (Å²) in [5.41, 5.74) is 2.71. The van der Waals surface area contributed by atoms with E-state index in [2.05, 4.69) is 5.10 Å². The van der Waals surface area contributed by atoms with Gasteiger partial charge in [-0.1, -0.05) is 17.7 Å². The van der Waals surface area contributed by atoms with Gasteiger partial charge >= 0.3 is 5.97 Å². The summed E-state index contributed by atoms with van der Waals surface area (Å²) in [5.74, 6) is -0.961. The highest BCUT2D eigenvalue weighted by Gasteiger charge is 2.02. The van der Waals surface area contributed by atoms with Crippen LogP contribution >= 0.6 is 11.6 Å². The van der Waals surface area contributed by atoms with Gasteiger partial charge in [-0.3, -0.25) is 0 Å². The van der Waals surface area contributed by atoms with Crippen molar-refractivity contribution in [3.05, 3.63) is 52.8 Å². The van der Waals surface area contributed by atoms with Gasteiger partial charge in [-0.25, -0.2) is 9.48 Å². The fourth-order valence-electron chi connectivity index (χ4n) is 1.59. The van der Waals surface area contributed by atoms with Crippen LogP contribution in [0.1, 0.15) is 11.1 Å². The van der Waals surface area contributed by atoms with Crippen LogP contribution in [0.5, 0.6) is 0 Å². The average molecular weight is 263 g/mol. The summed E-state index contributed by atoms with van der Waals surface area (Å²) in [6.45, 7) is 1.91. The Morgan fingerprint density at radius 3 is 2.83 bits per heavy atom. The second-order valence-corrected chi connectivity index (χ2v) is 4.25. The molecule has 5 heteroatoms. The van der Waals surface area contributed by atoms with Crippen molar-refractivity contribution in [2.24, 2.45) is 0 Å². The number of aliphatic carboxylic acids is 1. The van der Waals surface area contributed by atoms with Crippen molar-refractivity contribution in [3.8, 4) is 5.69 Å². The van der Waals surface area contributed by atoms with Crippen LogP contribution in [-0.2, 0) is 4.79 Å². The molecular weight excluding hydrogens is 252 g/mol. The van der Waals surface area contributed by atoms with Crippen molar-refractivity contribution in [2.75, 3.05) is 0 Å². The van der Waals surface area contributed by atoms with E-state index in [1.165, 1.54) is 0 Å². The summed E-state index contributed by atoms with van der Waals surface area (Å²) in [4.78, 5) is 10.5. The van der Waals surface area contributed by atoms with E-state index in [1.807, 2.05) is 25.1 Å². The van der Waals surface area contributed by atoms with E-state index < -0.39 is 5.97 Å². The molecule has 1 N–H and O–H groups in total. The number of hydrogen-bond acceptors (Lipinski definition) is 2. The maximum atomic E-state index is 10.5. The molecule has 2 aromatic rings. The zero-order valence-corrected chi connectivity index (χ0v) is 10.4. The summed E-state index contributed by atoms with van der Waals surface area (Å²) in [5, 5.41) is 13.3. The smallest absolute Gasteiger partial charge is 0.328 e. The number of carbonyl (C=O) groups is 1. The molecule has 0 aliphatic carbocycles. The lowest BCUT2D eigenvalue weighted by Gasteiger charge is -2.05. The molecule has 92 valence electrons. The molecular formula is C13H11ClN2O2. The van der Waals surface area contributed by atoms with Crippen molar-refractivity contribution in [2.45, 2.75) is 6.92 Å². The molecule has 1 heterocycles. The molecule has 0 atom stereocenters. The molecule has 0 bridgehead atoms. The lowest BCUT2D eigenvalue weighted by Crippen LogP contribution is -1.95. The van der Waals surface area contributed by atoms with E-state index in [0.29, 0.717) is 5.02 Å². The highest BCUT2D eigenvalue weighted by molar-refractivity contribution is 6.30. The SMILES string of the molecule is Cc1cc(-n2cc(Cl)cn2)ccc1/C=C/C(=O)O. The standard InChI is InChI=1S/C13H11ClN2O2/c1-9-6-12(16-8-11(14)7-15-16)4-2-10(9)3-5-13(17)18/h2-8H,1H3,(H,17,18)/b5-3+. The first kappa shape index (κ1) is 12.4. The molecule has 0 amide bonds. The zero-order valence-electron chi connectivity index (χ0n) is 9.67. The second kappa shape index (κ2) is 5.06. The van der Waals surface area contributed by atoms with E-state index in [-0.39, 0.29) is 0 Å². The van der Waals surface area contributed by atoms with E-state index in [1.54, 1.807) is 23.2 Å². The summed E-state index contributed by atoms with van der Waals surface area (Å²) in [7, 11) is 0. The number of rotatable bonds is 3. The minimum absolute atomic E-state index is 0.572. The number of benzene rings is 1. The Balaban J connectivity index is 2.33. The molecule has 0 aliphatic heterocycles. The molecule has 0 saturated carbocycles. The minimum Gasteiger partial charge on any atom is -0.478 e. The summed E-state index contributed by atoms with van der Waals surface area (Å²) in [6.07, 6.45) is 5.96. The number of nitrogens with zero attached hydrogens (tertiary/aromatic N) is 2. The normalized spacial score (nSPS) is 11.0. The van der Waals surface area contributed by atoms with E-state index in [4.69, 9.17) is 16.7 Å². The van der Waals surface area contributed by atoms with Gasteiger partial charge in [0.05, 0.1) is 16.9 Å². The van der Waals surface area contributed by atoms with Gasteiger partial charge in [-0.05, 0) is 36.3 Å². The van der Waals surface area contributed by atoms with Crippen molar-refractivity contribution in [1.29, 1.82) is 0 Å². The third kappa shape index (κ3) is 2.78. The third-order valence-corrected chi connectivity index (χ3v) is 2.67. The maximum Gasteiger partial charge on any atom is 0.328 e. The Bertz CT molecular complexity index is 617. The summed E-state index contributed by atoms with van der Waals surface area (Å²) < 4.78 is 1.67. The van der Waals surface area contributed by atoms with Crippen molar-refractivity contribution < 1.29 is 9.90 Å². The van der Waals surface area contributed by atoms with Gasteiger partial charge in [0.2, 0.25) is 0 Å². The van der Waals surface area contributed by atoms with Crippen LogP contribution in [0.2, 0.25) is 5.02 Å². The number of aromatic nitrogens is 2. The van der Waals surface area contributed by atoms with E-state index in [0.717, 1.165) is 22.9 Å². The molecule has 18 heavy (non-hydrogen) atoms. The first-order valence-corrected chi connectivity index (χ1v) is 5.66. The minimum atomic E-state index is -0.961. The largest absolute Gasteiger partial charge is 0.478 e. The number of carboxylic acids is 1. The van der Waals surface area contributed by atoms with Gasteiger partial charge < -0.3 is 5.11 Å². The van der Waals surface area contributed by atoms with Gasteiger partial charge in [-0.15, -0.1) is 0 Å². The number of hydrogen-bond donors (Lipinski definition) is 1. The fraction of sp³-hybridized carbons (Fsp3) is 0.0769. The van der Waals surface area contributed by atoms with Crippen molar-refractivity contribution in [3.63, 3.8) is 0 Å².